The summed E-state index contributed by atoms with van der Waals surface area (Å²) in [7, 11) is 0. The van der Waals surface area contributed by atoms with Gasteiger partial charge in [0.05, 0.1) is 12.8 Å². The van der Waals surface area contributed by atoms with E-state index in [0.717, 1.165) is 34.5 Å². The van der Waals surface area contributed by atoms with Gasteiger partial charge in [-0.3, -0.25) is 4.98 Å². The first-order chi connectivity index (χ1) is 8.70. The minimum absolute atomic E-state index is 0.709. The topological polar surface area (TPSA) is 48.1 Å². The number of nitrogens with two attached hydrogens (primary N) is 1. The third-order valence-corrected chi connectivity index (χ3v) is 2.80. The van der Waals surface area contributed by atoms with Gasteiger partial charge in [0.2, 0.25) is 0 Å². The second-order valence-corrected chi connectivity index (χ2v) is 4.33. The van der Waals surface area contributed by atoms with Gasteiger partial charge in [-0.15, -0.1) is 0 Å². The third kappa shape index (κ3) is 2.80. The Morgan fingerprint density at radius 1 is 1.17 bits per heavy atom. The number of pyridine rings is 1. The number of aryl methyl sites for hydroxylation is 1. The van der Waals surface area contributed by atoms with E-state index in [-0.39, 0.29) is 0 Å². The average molecular weight is 242 g/mol. The second-order valence-electron chi connectivity index (χ2n) is 4.33. The Labute approximate surface area is 108 Å². The van der Waals surface area contributed by atoms with E-state index in [0.29, 0.717) is 6.61 Å². The summed E-state index contributed by atoms with van der Waals surface area (Å²) in [6.07, 6.45) is 4.54. The number of benzene rings is 1. The number of hydrogen-bond acceptors (Lipinski definition) is 3. The van der Waals surface area contributed by atoms with Crippen molar-refractivity contribution in [2.45, 2.75) is 20.3 Å². The van der Waals surface area contributed by atoms with Crippen LogP contribution in [0.4, 0.5) is 5.69 Å². The molecule has 0 saturated carbocycles. The summed E-state index contributed by atoms with van der Waals surface area (Å²) in [6, 6.07) is 8.03. The van der Waals surface area contributed by atoms with Gasteiger partial charge >= 0.3 is 0 Å². The van der Waals surface area contributed by atoms with Gasteiger partial charge in [-0.1, -0.05) is 19.1 Å². The van der Waals surface area contributed by atoms with Gasteiger partial charge < -0.3 is 10.5 Å². The molecule has 94 valence electrons. The molecule has 1 aromatic heterocycles. The van der Waals surface area contributed by atoms with Gasteiger partial charge in [0.25, 0.3) is 0 Å². The highest BCUT2D eigenvalue weighted by atomic mass is 16.5. The van der Waals surface area contributed by atoms with E-state index < -0.39 is 0 Å². The first kappa shape index (κ1) is 12.4. The molecule has 0 aliphatic heterocycles. The number of hydrogen-bond donors (Lipinski definition) is 1. The van der Waals surface area contributed by atoms with E-state index in [4.69, 9.17) is 10.5 Å². The Bertz CT molecular complexity index is 538. The summed E-state index contributed by atoms with van der Waals surface area (Å²) >= 11 is 0. The van der Waals surface area contributed by atoms with Crippen molar-refractivity contribution in [3.8, 4) is 16.9 Å². The van der Waals surface area contributed by atoms with Crippen LogP contribution in [0.2, 0.25) is 0 Å². The summed E-state index contributed by atoms with van der Waals surface area (Å²) in [5, 5.41) is 0. The first-order valence-electron chi connectivity index (χ1n) is 6.15. The molecule has 3 nitrogen and oxygen atoms in total. The lowest BCUT2D eigenvalue weighted by atomic mass is 10.0. The van der Waals surface area contributed by atoms with Crippen molar-refractivity contribution in [2.75, 3.05) is 12.3 Å². The van der Waals surface area contributed by atoms with Crippen molar-refractivity contribution in [1.29, 1.82) is 0 Å². The maximum absolute atomic E-state index is 5.92. The number of aromatic nitrogens is 1. The molecule has 0 spiro atoms. The monoisotopic (exact) mass is 242 g/mol. The molecule has 0 amide bonds. The first-order valence-corrected chi connectivity index (χ1v) is 6.15. The molecule has 1 aromatic carbocycles. The van der Waals surface area contributed by atoms with Crippen molar-refractivity contribution in [2.24, 2.45) is 0 Å². The molecule has 0 bridgehead atoms. The fraction of sp³-hybridized carbons (Fsp3) is 0.267. The van der Waals surface area contributed by atoms with Crippen LogP contribution in [0.3, 0.4) is 0 Å². The third-order valence-electron chi connectivity index (χ3n) is 2.80. The molecule has 2 aromatic rings. The average Bonchev–Trinajstić information content (AvgIpc) is 2.40. The van der Waals surface area contributed by atoms with Crippen molar-refractivity contribution in [3.05, 3.63) is 42.2 Å². The minimum Gasteiger partial charge on any atom is -0.492 e. The molecule has 0 unspecified atom stereocenters. The molecule has 0 aliphatic rings. The van der Waals surface area contributed by atoms with Crippen LogP contribution in [-0.4, -0.2) is 11.6 Å². The van der Waals surface area contributed by atoms with Gasteiger partial charge in [-0.2, -0.15) is 0 Å². The summed E-state index contributed by atoms with van der Waals surface area (Å²) < 4.78 is 5.58. The molecule has 3 heteroatoms. The molecule has 0 radical (unpaired) electrons. The van der Waals surface area contributed by atoms with Crippen LogP contribution in [0, 0.1) is 6.92 Å². The second kappa shape index (κ2) is 5.54. The highest BCUT2D eigenvalue weighted by molar-refractivity contribution is 5.69. The lowest BCUT2D eigenvalue weighted by Gasteiger charge is -2.08. The van der Waals surface area contributed by atoms with Gasteiger partial charge in [-0.05, 0) is 36.6 Å². The van der Waals surface area contributed by atoms with Crippen LogP contribution < -0.4 is 10.5 Å². The molecule has 18 heavy (non-hydrogen) atoms. The maximum Gasteiger partial charge on any atom is 0.138 e. The number of nitrogens with zero attached hydrogens (tertiary/aromatic N) is 1. The molecule has 0 atom stereocenters. The number of nitrogen functional groups attached to an aromatic ring is 1. The fourth-order valence-electron chi connectivity index (χ4n) is 1.70. The highest BCUT2D eigenvalue weighted by Crippen LogP contribution is 2.25. The molecule has 0 saturated heterocycles. The Balaban J connectivity index is 2.29. The van der Waals surface area contributed by atoms with Crippen LogP contribution in [0.15, 0.2) is 36.7 Å². The Morgan fingerprint density at radius 3 is 2.72 bits per heavy atom. The van der Waals surface area contributed by atoms with Crippen LogP contribution in [-0.2, 0) is 0 Å². The molecule has 0 aliphatic carbocycles. The van der Waals surface area contributed by atoms with E-state index in [9.17, 15) is 0 Å². The molecule has 1 heterocycles. The van der Waals surface area contributed by atoms with Crippen LogP contribution >= 0.6 is 0 Å². The summed E-state index contributed by atoms with van der Waals surface area (Å²) in [4.78, 5) is 4.20. The molecule has 2 N–H and O–H groups in total. The lowest BCUT2D eigenvalue weighted by Crippen LogP contribution is -1.96. The summed E-state index contributed by atoms with van der Waals surface area (Å²) in [5.41, 5.74) is 9.90. The zero-order chi connectivity index (χ0) is 13.0. The van der Waals surface area contributed by atoms with Gasteiger partial charge in [0.1, 0.15) is 5.75 Å². The van der Waals surface area contributed by atoms with Gasteiger partial charge in [-0.25, -0.2) is 0 Å². The standard InChI is InChI=1S/C15H18N2O/c1-3-6-18-14-7-13(9-17-10-14)12-5-4-11(2)15(16)8-12/h4-5,7-10H,3,6,16H2,1-2H3. The molecule has 0 fully saturated rings. The van der Waals surface area contributed by atoms with Crippen LogP contribution in [0.5, 0.6) is 5.75 Å². The summed E-state index contributed by atoms with van der Waals surface area (Å²) in [6.45, 7) is 4.79. The highest BCUT2D eigenvalue weighted by Gasteiger charge is 2.02. The normalized spacial score (nSPS) is 10.3. The van der Waals surface area contributed by atoms with E-state index in [1.807, 2.05) is 37.4 Å². The fourth-order valence-corrected chi connectivity index (χ4v) is 1.70. The van der Waals surface area contributed by atoms with Crippen molar-refractivity contribution < 1.29 is 4.74 Å². The van der Waals surface area contributed by atoms with Crippen LogP contribution in [0.1, 0.15) is 18.9 Å². The van der Waals surface area contributed by atoms with Crippen molar-refractivity contribution in [1.82, 2.24) is 4.98 Å². The van der Waals surface area contributed by atoms with Crippen LogP contribution in [0.25, 0.3) is 11.1 Å². The Kier molecular flexibility index (Phi) is 3.82. The predicted octanol–water partition coefficient (Wildman–Crippen LogP) is 3.43. The number of rotatable bonds is 4. The van der Waals surface area contributed by atoms with Gasteiger partial charge in [0, 0.05) is 17.4 Å². The maximum atomic E-state index is 5.92. The molecular weight excluding hydrogens is 224 g/mol. The van der Waals surface area contributed by atoms with E-state index in [1.165, 1.54) is 0 Å². The molecule has 2 rings (SSSR count). The minimum atomic E-state index is 0.709. The lowest BCUT2D eigenvalue weighted by molar-refractivity contribution is 0.316. The zero-order valence-electron chi connectivity index (χ0n) is 10.8. The SMILES string of the molecule is CCCOc1cncc(-c2ccc(C)c(N)c2)c1. The largest absolute Gasteiger partial charge is 0.492 e. The number of anilines is 1. The number of ether oxygens (including phenoxy) is 1. The Hall–Kier alpha value is -2.03. The van der Waals surface area contributed by atoms with Crippen molar-refractivity contribution >= 4 is 5.69 Å². The zero-order valence-corrected chi connectivity index (χ0v) is 10.8. The van der Waals surface area contributed by atoms with E-state index in [2.05, 4.69) is 11.9 Å². The van der Waals surface area contributed by atoms with Gasteiger partial charge in [0.15, 0.2) is 0 Å². The van der Waals surface area contributed by atoms with Crippen molar-refractivity contribution in [3.63, 3.8) is 0 Å². The smallest absolute Gasteiger partial charge is 0.138 e. The predicted molar refractivity (Wildman–Crippen MR) is 74.6 cm³/mol. The van der Waals surface area contributed by atoms with E-state index >= 15 is 0 Å². The Morgan fingerprint density at radius 2 is 2.00 bits per heavy atom. The summed E-state index contributed by atoms with van der Waals surface area (Å²) in [5.74, 6) is 0.800. The molecular formula is C15H18N2O. The van der Waals surface area contributed by atoms with E-state index in [1.54, 1.807) is 6.20 Å². The quantitative estimate of drug-likeness (QED) is 0.835.